The highest BCUT2D eigenvalue weighted by molar-refractivity contribution is 5.96. The number of aryl methyl sites for hydroxylation is 1. The van der Waals surface area contributed by atoms with E-state index < -0.39 is 0 Å². The Labute approximate surface area is 106 Å². The van der Waals surface area contributed by atoms with Gasteiger partial charge in [0.25, 0.3) is 5.91 Å². The lowest BCUT2D eigenvalue weighted by Crippen LogP contribution is -2.25. The zero-order chi connectivity index (χ0) is 13.4. The summed E-state index contributed by atoms with van der Waals surface area (Å²) in [5.41, 5.74) is 1.20. The molecule has 0 aliphatic carbocycles. The Balaban J connectivity index is 2.34. The van der Waals surface area contributed by atoms with Crippen molar-refractivity contribution in [2.24, 2.45) is 0 Å². The van der Waals surface area contributed by atoms with Crippen LogP contribution >= 0.6 is 0 Å². The van der Waals surface area contributed by atoms with Crippen molar-refractivity contribution in [2.45, 2.75) is 13.3 Å². The first-order chi connectivity index (χ1) is 8.65. The van der Waals surface area contributed by atoms with Gasteiger partial charge in [0.2, 0.25) is 0 Å². The van der Waals surface area contributed by atoms with Gasteiger partial charge in [0.15, 0.2) is 0 Å². The third-order valence-corrected chi connectivity index (χ3v) is 2.38. The van der Waals surface area contributed by atoms with Crippen LogP contribution in [-0.2, 0) is 4.74 Å². The maximum Gasteiger partial charge on any atom is 0.255 e. The molecule has 1 amide bonds. The first kappa shape index (κ1) is 14.5. The van der Waals surface area contributed by atoms with Crippen LogP contribution in [0, 0.1) is 6.92 Å². The van der Waals surface area contributed by atoms with Crippen LogP contribution in [-0.4, -0.2) is 42.5 Å². The highest BCUT2D eigenvalue weighted by Crippen LogP contribution is 2.17. The number of phenolic OH excluding ortho intramolecular Hbond substituents is 1. The number of ether oxygens (including phenoxy) is 1. The highest BCUT2D eigenvalue weighted by atomic mass is 16.5. The van der Waals surface area contributed by atoms with Gasteiger partial charge in [0.05, 0.1) is 18.8 Å². The number of amides is 1. The standard InChI is InChI=1S/C13H19NO4/c1-10-3-4-12(16)11(9-10)13(17)14-5-2-7-18-8-6-15/h3-4,9,15-16H,2,5-8H2,1H3,(H,14,17). The molecule has 0 aromatic heterocycles. The molecule has 3 N–H and O–H groups in total. The Morgan fingerprint density at radius 1 is 1.39 bits per heavy atom. The molecule has 1 aromatic rings. The predicted molar refractivity (Wildman–Crippen MR) is 67.7 cm³/mol. The second-order valence-electron chi connectivity index (χ2n) is 3.97. The Hall–Kier alpha value is -1.59. The van der Waals surface area contributed by atoms with E-state index in [1.54, 1.807) is 12.1 Å². The lowest BCUT2D eigenvalue weighted by atomic mass is 10.1. The van der Waals surface area contributed by atoms with Gasteiger partial charge in [-0.1, -0.05) is 11.6 Å². The maximum atomic E-state index is 11.8. The molecule has 0 aliphatic heterocycles. The van der Waals surface area contributed by atoms with Crippen molar-refractivity contribution in [1.82, 2.24) is 5.32 Å². The van der Waals surface area contributed by atoms with E-state index in [2.05, 4.69) is 5.32 Å². The van der Waals surface area contributed by atoms with Gasteiger partial charge in [-0.25, -0.2) is 0 Å². The largest absolute Gasteiger partial charge is 0.507 e. The number of rotatable bonds is 7. The van der Waals surface area contributed by atoms with Crippen molar-refractivity contribution < 1.29 is 19.7 Å². The summed E-state index contributed by atoms with van der Waals surface area (Å²) >= 11 is 0. The van der Waals surface area contributed by atoms with E-state index in [0.717, 1.165) is 5.56 Å². The zero-order valence-corrected chi connectivity index (χ0v) is 10.5. The van der Waals surface area contributed by atoms with Crippen molar-refractivity contribution >= 4 is 5.91 Å². The molecule has 5 nitrogen and oxygen atoms in total. The molecular formula is C13H19NO4. The van der Waals surface area contributed by atoms with Crippen LogP contribution in [0.5, 0.6) is 5.75 Å². The Morgan fingerprint density at radius 2 is 2.17 bits per heavy atom. The van der Waals surface area contributed by atoms with Crippen molar-refractivity contribution in [2.75, 3.05) is 26.4 Å². The molecule has 0 bridgehead atoms. The molecule has 0 heterocycles. The number of hydrogen-bond donors (Lipinski definition) is 3. The van der Waals surface area contributed by atoms with Gasteiger partial charge in [0, 0.05) is 13.2 Å². The van der Waals surface area contributed by atoms with Gasteiger partial charge in [-0.3, -0.25) is 4.79 Å². The Bertz CT molecular complexity index is 393. The molecule has 0 spiro atoms. The van der Waals surface area contributed by atoms with Crippen LogP contribution in [0.25, 0.3) is 0 Å². The fraction of sp³-hybridized carbons (Fsp3) is 0.462. The molecule has 1 rings (SSSR count). The number of benzene rings is 1. The van der Waals surface area contributed by atoms with Gasteiger partial charge < -0.3 is 20.3 Å². The van der Waals surface area contributed by atoms with E-state index in [1.807, 2.05) is 6.92 Å². The summed E-state index contributed by atoms with van der Waals surface area (Å²) in [4.78, 5) is 11.8. The average molecular weight is 253 g/mol. The number of carbonyl (C=O) groups is 1. The van der Waals surface area contributed by atoms with Gasteiger partial charge in [-0.2, -0.15) is 0 Å². The average Bonchev–Trinajstić information content (AvgIpc) is 2.36. The summed E-state index contributed by atoms with van der Waals surface area (Å²) in [5.74, 6) is -0.312. The normalized spacial score (nSPS) is 10.3. The molecule has 0 saturated heterocycles. The number of aromatic hydroxyl groups is 1. The smallest absolute Gasteiger partial charge is 0.255 e. The van der Waals surface area contributed by atoms with E-state index in [4.69, 9.17) is 9.84 Å². The Kier molecular flexibility index (Phi) is 6.18. The predicted octanol–water partition coefficient (Wildman–Crippen LogP) is 0.829. The second kappa shape index (κ2) is 7.68. The van der Waals surface area contributed by atoms with Crippen LogP contribution in [0.1, 0.15) is 22.3 Å². The molecule has 0 unspecified atom stereocenters. The molecule has 5 heteroatoms. The molecule has 0 fully saturated rings. The summed E-state index contributed by atoms with van der Waals surface area (Å²) in [6.07, 6.45) is 0.665. The summed E-state index contributed by atoms with van der Waals surface area (Å²) in [5, 5.41) is 20.8. The minimum Gasteiger partial charge on any atom is -0.507 e. The number of aliphatic hydroxyl groups is 1. The van der Waals surface area contributed by atoms with Gasteiger partial charge in [0.1, 0.15) is 5.75 Å². The minimum atomic E-state index is -0.293. The number of phenols is 1. The summed E-state index contributed by atoms with van der Waals surface area (Å²) < 4.78 is 5.06. The van der Waals surface area contributed by atoms with Crippen LogP contribution in [0.3, 0.4) is 0 Å². The van der Waals surface area contributed by atoms with Gasteiger partial charge >= 0.3 is 0 Å². The van der Waals surface area contributed by atoms with Crippen LogP contribution < -0.4 is 5.32 Å². The molecule has 0 atom stereocenters. The van der Waals surface area contributed by atoms with E-state index in [9.17, 15) is 9.90 Å². The number of aliphatic hydroxyl groups excluding tert-OH is 1. The monoisotopic (exact) mass is 253 g/mol. The number of carbonyl (C=O) groups excluding carboxylic acids is 1. The molecule has 0 aliphatic rings. The topological polar surface area (TPSA) is 78.8 Å². The molecular weight excluding hydrogens is 234 g/mol. The van der Waals surface area contributed by atoms with Crippen LogP contribution in [0.15, 0.2) is 18.2 Å². The lowest BCUT2D eigenvalue weighted by Gasteiger charge is -2.07. The Morgan fingerprint density at radius 3 is 2.89 bits per heavy atom. The minimum absolute atomic E-state index is 0.00350. The first-order valence-corrected chi connectivity index (χ1v) is 5.91. The fourth-order valence-electron chi connectivity index (χ4n) is 1.47. The van der Waals surface area contributed by atoms with E-state index in [1.165, 1.54) is 6.07 Å². The van der Waals surface area contributed by atoms with Crippen molar-refractivity contribution in [3.63, 3.8) is 0 Å². The second-order valence-corrected chi connectivity index (χ2v) is 3.97. The zero-order valence-electron chi connectivity index (χ0n) is 10.5. The first-order valence-electron chi connectivity index (χ1n) is 5.91. The summed E-state index contributed by atoms with van der Waals surface area (Å²) in [7, 11) is 0. The SMILES string of the molecule is Cc1ccc(O)c(C(=O)NCCCOCCO)c1. The third kappa shape index (κ3) is 4.73. The third-order valence-electron chi connectivity index (χ3n) is 2.38. The lowest BCUT2D eigenvalue weighted by molar-refractivity contribution is 0.0866. The molecule has 1 aromatic carbocycles. The fourth-order valence-corrected chi connectivity index (χ4v) is 1.47. The summed E-state index contributed by atoms with van der Waals surface area (Å²) in [6, 6.07) is 4.90. The van der Waals surface area contributed by atoms with Crippen molar-refractivity contribution in [3.05, 3.63) is 29.3 Å². The van der Waals surface area contributed by atoms with Crippen molar-refractivity contribution in [1.29, 1.82) is 0 Å². The van der Waals surface area contributed by atoms with E-state index >= 15 is 0 Å². The number of hydrogen-bond acceptors (Lipinski definition) is 4. The number of nitrogens with one attached hydrogen (secondary N) is 1. The maximum absolute atomic E-state index is 11.8. The molecule has 18 heavy (non-hydrogen) atoms. The van der Waals surface area contributed by atoms with E-state index in [0.29, 0.717) is 26.2 Å². The van der Waals surface area contributed by atoms with Gasteiger partial charge in [-0.05, 0) is 25.5 Å². The van der Waals surface area contributed by atoms with Crippen LogP contribution in [0.4, 0.5) is 0 Å². The highest BCUT2D eigenvalue weighted by Gasteiger charge is 2.10. The van der Waals surface area contributed by atoms with Crippen molar-refractivity contribution in [3.8, 4) is 5.75 Å². The molecule has 0 saturated carbocycles. The van der Waals surface area contributed by atoms with E-state index in [-0.39, 0.29) is 23.8 Å². The quantitative estimate of drug-likeness (QED) is 0.629. The molecule has 0 radical (unpaired) electrons. The van der Waals surface area contributed by atoms with Gasteiger partial charge in [-0.15, -0.1) is 0 Å². The summed E-state index contributed by atoms with van der Waals surface area (Å²) in [6.45, 7) is 3.13. The van der Waals surface area contributed by atoms with Crippen LogP contribution in [0.2, 0.25) is 0 Å². The molecule has 100 valence electrons.